The number of aliphatic hydroxyl groups is 1. The van der Waals surface area contributed by atoms with Crippen LogP contribution in [0, 0.1) is 0 Å². The molecule has 0 spiro atoms. The summed E-state index contributed by atoms with van der Waals surface area (Å²) in [4.78, 5) is 13.4. The molecular weight excluding hydrogens is 246 g/mol. The first kappa shape index (κ1) is 13.4. The summed E-state index contributed by atoms with van der Waals surface area (Å²) < 4.78 is 10.6. The predicted octanol–water partition coefficient (Wildman–Crippen LogP) is 1.43. The molecule has 1 heterocycles. The molecule has 102 valence electrons. The van der Waals surface area contributed by atoms with Crippen LogP contribution in [0.4, 0.5) is 0 Å². The maximum atomic E-state index is 11.9. The lowest BCUT2D eigenvalue weighted by Gasteiger charge is -2.14. The van der Waals surface area contributed by atoms with Gasteiger partial charge in [0.05, 0.1) is 26.4 Å². The van der Waals surface area contributed by atoms with E-state index in [1.807, 2.05) is 12.1 Å². The zero-order valence-electron chi connectivity index (χ0n) is 11.0. The van der Waals surface area contributed by atoms with Gasteiger partial charge < -0.3 is 19.2 Å². The number of methoxy groups -OCH3 is 1. The van der Waals surface area contributed by atoms with E-state index in [1.165, 1.54) is 4.90 Å². The molecule has 5 nitrogen and oxygen atoms in total. The van der Waals surface area contributed by atoms with E-state index in [0.29, 0.717) is 12.1 Å². The van der Waals surface area contributed by atoms with E-state index in [0.717, 1.165) is 16.7 Å². The van der Waals surface area contributed by atoms with Crippen molar-refractivity contribution in [3.05, 3.63) is 30.0 Å². The van der Waals surface area contributed by atoms with Crippen LogP contribution in [-0.4, -0.2) is 43.2 Å². The minimum Gasteiger partial charge on any atom is -0.497 e. The Bertz CT molecular complexity index is 576. The first-order valence-corrected chi connectivity index (χ1v) is 6.04. The van der Waals surface area contributed by atoms with Crippen LogP contribution in [-0.2, 0) is 11.2 Å². The third-order valence-corrected chi connectivity index (χ3v) is 3.07. The zero-order chi connectivity index (χ0) is 13.8. The average Bonchev–Trinajstić information content (AvgIpc) is 2.81. The molecule has 1 N–H and O–H groups in total. The molecule has 1 amide bonds. The molecule has 0 radical (unpaired) electrons. The summed E-state index contributed by atoms with van der Waals surface area (Å²) in [7, 11) is 3.27. The molecule has 0 unspecified atom stereocenters. The maximum absolute atomic E-state index is 11.9. The Hall–Kier alpha value is -2.01. The van der Waals surface area contributed by atoms with E-state index in [4.69, 9.17) is 14.3 Å². The van der Waals surface area contributed by atoms with Crippen LogP contribution in [0.2, 0.25) is 0 Å². The van der Waals surface area contributed by atoms with E-state index in [-0.39, 0.29) is 18.9 Å². The summed E-state index contributed by atoms with van der Waals surface area (Å²) in [5.74, 6) is 0.671. The molecule has 0 fully saturated rings. The van der Waals surface area contributed by atoms with Gasteiger partial charge in [-0.25, -0.2) is 0 Å². The summed E-state index contributed by atoms with van der Waals surface area (Å²) in [5.41, 5.74) is 1.54. The van der Waals surface area contributed by atoms with Gasteiger partial charge in [-0.2, -0.15) is 0 Å². The van der Waals surface area contributed by atoms with E-state index in [2.05, 4.69) is 0 Å². The highest BCUT2D eigenvalue weighted by molar-refractivity contribution is 5.88. The number of nitrogens with zero attached hydrogens (tertiary/aromatic N) is 1. The van der Waals surface area contributed by atoms with Gasteiger partial charge in [0.1, 0.15) is 11.3 Å². The van der Waals surface area contributed by atoms with Crippen LogP contribution in [0.25, 0.3) is 11.0 Å². The van der Waals surface area contributed by atoms with Gasteiger partial charge in [0, 0.05) is 30.6 Å². The Morgan fingerprint density at radius 2 is 2.26 bits per heavy atom. The first-order chi connectivity index (χ1) is 9.15. The van der Waals surface area contributed by atoms with Crippen LogP contribution < -0.4 is 4.74 Å². The number of carbonyl (C=O) groups excluding carboxylic acids is 1. The second-order valence-electron chi connectivity index (χ2n) is 4.34. The lowest BCUT2D eigenvalue weighted by Crippen LogP contribution is -2.30. The van der Waals surface area contributed by atoms with E-state index in [1.54, 1.807) is 26.5 Å². The summed E-state index contributed by atoms with van der Waals surface area (Å²) in [6.07, 6.45) is 1.85. The Kier molecular flexibility index (Phi) is 4.06. The van der Waals surface area contributed by atoms with Crippen LogP contribution in [0.5, 0.6) is 5.75 Å². The summed E-state index contributed by atoms with van der Waals surface area (Å²) >= 11 is 0. The molecule has 0 bridgehead atoms. The Morgan fingerprint density at radius 1 is 1.47 bits per heavy atom. The number of ether oxygens (including phenoxy) is 1. The van der Waals surface area contributed by atoms with E-state index < -0.39 is 0 Å². The van der Waals surface area contributed by atoms with Gasteiger partial charge in [-0.1, -0.05) is 0 Å². The highest BCUT2D eigenvalue weighted by Crippen LogP contribution is 2.26. The summed E-state index contributed by atoms with van der Waals surface area (Å²) in [6.45, 7) is 0.300. The molecule has 2 aromatic rings. The number of aliphatic hydroxyl groups excluding tert-OH is 1. The number of hydrogen-bond donors (Lipinski definition) is 1. The van der Waals surface area contributed by atoms with Crippen LogP contribution in [0.3, 0.4) is 0 Å². The van der Waals surface area contributed by atoms with Crippen LogP contribution >= 0.6 is 0 Å². The Morgan fingerprint density at radius 3 is 2.95 bits per heavy atom. The number of fused-ring (bicyclic) bond motifs is 1. The average molecular weight is 263 g/mol. The molecule has 0 saturated heterocycles. The van der Waals surface area contributed by atoms with Crippen molar-refractivity contribution in [2.24, 2.45) is 0 Å². The van der Waals surface area contributed by atoms with Crippen molar-refractivity contribution in [1.82, 2.24) is 4.90 Å². The highest BCUT2D eigenvalue weighted by atomic mass is 16.5. The van der Waals surface area contributed by atoms with Gasteiger partial charge in [0.15, 0.2) is 0 Å². The Balaban J connectivity index is 2.19. The second kappa shape index (κ2) is 5.75. The molecule has 1 aromatic heterocycles. The molecular formula is C14H17NO4. The van der Waals surface area contributed by atoms with Crippen molar-refractivity contribution in [1.29, 1.82) is 0 Å². The molecule has 1 aromatic carbocycles. The highest BCUT2D eigenvalue weighted by Gasteiger charge is 2.13. The molecule has 0 aliphatic carbocycles. The molecule has 0 aliphatic rings. The lowest BCUT2D eigenvalue weighted by molar-refractivity contribution is -0.129. The maximum Gasteiger partial charge on any atom is 0.226 e. The number of amides is 1. The zero-order valence-corrected chi connectivity index (χ0v) is 11.0. The number of benzene rings is 1. The second-order valence-corrected chi connectivity index (χ2v) is 4.34. The number of carbonyl (C=O) groups is 1. The van der Waals surface area contributed by atoms with Crippen molar-refractivity contribution < 1.29 is 19.1 Å². The van der Waals surface area contributed by atoms with Gasteiger partial charge in [-0.05, 0) is 12.1 Å². The lowest BCUT2D eigenvalue weighted by atomic mass is 10.1. The smallest absolute Gasteiger partial charge is 0.226 e. The van der Waals surface area contributed by atoms with Crippen molar-refractivity contribution in [2.75, 3.05) is 27.3 Å². The summed E-state index contributed by atoms with van der Waals surface area (Å²) in [5, 5.41) is 9.72. The molecule has 0 atom stereocenters. The normalized spacial score (nSPS) is 10.7. The van der Waals surface area contributed by atoms with Gasteiger partial charge in [-0.15, -0.1) is 0 Å². The first-order valence-electron chi connectivity index (χ1n) is 6.04. The van der Waals surface area contributed by atoms with Gasteiger partial charge >= 0.3 is 0 Å². The quantitative estimate of drug-likeness (QED) is 0.886. The fraction of sp³-hybridized carbons (Fsp3) is 0.357. The largest absolute Gasteiger partial charge is 0.497 e. The predicted molar refractivity (Wildman–Crippen MR) is 71.2 cm³/mol. The fourth-order valence-corrected chi connectivity index (χ4v) is 1.90. The fourth-order valence-electron chi connectivity index (χ4n) is 1.90. The van der Waals surface area contributed by atoms with Gasteiger partial charge in [0.25, 0.3) is 0 Å². The topological polar surface area (TPSA) is 62.9 Å². The van der Waals surface area contributed by atoms with Crippen LogP contribution in [0.15, 0.2) is 28.9 Å². The molecule has 0 aliphatic heterocycles. The molecule has 19 heavy (non-hydrogen) atoms. The van der Waals surface area contributed by atoms with E-state index in [9.17, 15) is 4.79 Å². The number of rotatable bonds is 5. The van der Waals surface area contributed by atoms with Crippen molar-refractivity contribution in [2.45, 2.75) is 6.42 Å². The summed E-state index contributed by atoms with van der Waals surface area (Å²) in [6, 6.07) is 5.51. The third-order valence-electron chi connectivity index (χ3n) is 3.07. The Labute approximate surface area is 111 Å². The molecule has 0 saturated carbocycles. The van der Waals surface area contributed by atoms with Gasteiger partial charge in [-0.3, -0.25) is 4.79 Å². The van der Waals surface area contributed by atoms with Crippen molar-refractivity contribution in [3.63, 3.8) is 0 Å². The number of hydrogen-bond acceptors (Lipinski definition) is 4. The number of furan rings is 1. The molecule has 5 heteroatoms. The van der Waals surface area contributed by atoms with Crippen molar-refractivity contribution in [3.8, 4) is 5.75 Å². The minimum absolute atomic E-state index is 0.0361. The standard InChI is InChI=1S/C14H17NO4/c1-15(5-6-16)14(17)7-10-9-19-13-8-11(18-2)3-4-12(10)13/h3-4,8-9,16H,5-7H2,1-2H3. The molecule has 2 rings (SSSR count). The van der Waals surface area contributed by atoms with E-state index >= 15 is 0 Å². The van der Waals surface area contributed by atoms with Gasteiger partial charge in [0.2, 0.25) is 5.91 Å². The third kappa shape index (κ3) is 2.88. The number of likely N-dealkylation sites (N-methyl/N-ethyl adjacent to an activating group) is 1. The van der Waals surface area contributed by atoms with Crippen molar-refractivity contribution >= 4 is 16.9 Å². The SMILES string of the molecule is COc1ccc2c(CC(=O)N(C)CCO)coc2c1. The van der Waals surface area contributed by atoms with Crippen LogP contribution in [0.1, 0.15) is 5.56 Å². The minimum atomic E-state index is -0.0485. The monoisotopic (exact) mass is 263 g/mol.